The minimum atomic E-state index is -0.120. The van der Waals surface area contributed by atoms with Crippen molar-refractivity contribution in [3.63, 3.8) is 0 Å². The molecule has 0 saturated heterocycles. The normalized spacial score (nSPS) is 15.6. The summed E-state index contributed by atoms with van der Waals surface area (Å²) in [6.45, 7) is 1.82. The summed E-state index contributed by atoms with van der Waals surface area (Å²) in [7, 11) is 0. The van der Waals surface area contributed by atoms with Gasteiger partial charge in [-0.05, 0) is 55.9 Å². The van der Waals surface area contributed by atoms with Crippen LogP contribution in [0.15, 0.2) is 12.1 Å². The first-order valence-corrected chi connectivity index (χ1v) is 5.37. The highest BCUT2D eigenvalue weighted by Crippen LogP contribution is 2.30. The Labute approximate surface area is 88.3 Å². The standard InChI is InChI=1S/C13H13FN/c1-8-6-10-9-4-2-3-5-12(9)15-13(10)7-11(8)14/h2,6-7,15H,3-5H2,1H3. The van der Waals surface area contributed by atoms with Gasteiger partial charge in [0.05, 0.1) is 0 Å². The Bertz CT molecular complexity index is 525. The van der Waals surface area contributed by atoms with Gasteiger partial charge in [-0.2, -0.15) is 0 Å². The van der Waals surface area contributed by atoms with Crippen LogP contribution < -0.4 is 0 Å². The van der Waals surface area contributed by atoms with Crippen LogP contribution in [-0.4, -0.2) is 4.98 Å². The molecule has 3 rings (SSSR count). The smallest absolute Gasteiger partial charge is 0.128 e. The van der Waals surface area contributed by atoms with Crippen molar-refractivity contribution in [2.24, 2.45) is 0 Å². The van der Waals surface area contributed by atoms with Gasteiger partial charge in [0.25, 0.3) is 0 Å². The molecule has 1 nitrogen and oxygen atoms in total. The predicted octanol–water partition coefficient (Wildman–Crippen LogP) is 3.31. The van der Waals surface area contributed by atoms with Gasteiger partial charge in [0.2, 0.25) is 0 Å². The van der Waals surface area contributed by atoms with Crippen LogP contribution in [0.4, 0.5) is 4.39 Å². The number of halogens is 1. The molecule has 0 fully saturated rings. The molecule has 2 heteroatoms. The van der Waals surface area contributed by atoms with E-state index in [4.69, 9.17) is 0 Å². The van der Waals surface area contributed by atoms with Gasteiger partial charge in [0.1, 0.15) is 5.82 Å². The van der Waals surface area contributed by atoms with Gasteiger partial charge in [-0.3, -0.25) is 0 Å². The number of hydrogen-bond acceptors (Lipinski definition) is 0. The lowest BCUT2D eigenvalue weighted by Crippen LogP contribution is -2.00. The fourth-order valence-electron chi connectivity index (χ4n) is 2.37. The summed E-state index contributed by atoms with van der Waals surface area (Å²) < 4.78 is 13.4. The minimum Gasteiger partial charge on any atom is -0.358 e. The number of rotatable bonds is 0. The maximum absolute atomic E-state index is 13.4. The zero-order valence-electron chi connectivity index (χ0n) is 8.73. The van der Waals surface area contributed by atoms with Gasteiger partial charge >= 0.3 is 0 Å². The first kappa shape index (κ1) is 8.96. The zero-order chi connectivity index (χ0) is 10.4. The van der Waals surface area contributed by atoms with Gasteiger partial charge < -0.3 is 4.98 Å². The van der Waals surface area contributed by atoms with Crippen LogP contribution >= 0.6 is 0 Å². The van der Waals surface area contributed by atoms with E-state index in [2.05, 4.69) is 11.4 Å². The lowest BCUT2D eigenvalue weighted by Gasteiger charge is -2.10. The van der Waals surface area contributed by atoms with Gasteiger partial charge in [-0.1, -0.05) is 0 Å². The highest BCUT2D eigenvalue weighted by molar-refractivity contribution is 5.85. The molecule has 0 atom stereocenters. The van der Waals surface area contributed by atoms with E-state index < -0.39 is 0 Å². The fraction of sp³-hybridized carbons (Fsp3) is 0.308. The molecule has 1 aliphatic carbocycles. The average Bonchev–Trinajstić information content (AvgIpc) is 2.57. The van der Waals surface area contributed by atoms with E-state index >= 15 is 0 Å². The first-order chi connectivity index (χ1) is 7.25. The summed E-state index contributed by atoms with van der Waals surface area (Å²) >= 11 is 0. The van der Waals surface area contributed by atoms with Crippen molar-refractivity contribution in [1.29, 1.82) is 0 Å². The monoisotopic (exact) mass is 202 g/mol. The van der Waals surface area contributed by atoms with E-state index in [-0.39, 0.29) is 5.82 Å². The lowest BCUT2D eigenvalue weighted by atomic mass is 9.95. The molecule has 1 radical (unpaired) electrons. The minimum absolute atomic E-state index is 0.120. The summed E-state index contributed by atoms with van der Waals surface area (Å²) in [5.41, 5.74) is 4.32. The Morgan fingerprint density at radius 2 is 2.20 bits per heavy atom. The van der Waals surface area contributed by atoms with Crippen molar-refractivity contribution in [2.45, 2.75) is 26.2 Å². The van der Waals surface area contributed by atoms with E-state index in [1.54, 1.807) is 6.07 Å². The quantitative estimate of drug-likeness (QED) is 0.674. The largest absolute Gasteiger partial charge is 0.358 e. The van der Waals surface area contributed by atoms with E-state index in [1.807, 2.05) is 13.0 Å². The summed E-state index contributed by atoms with van der Waals surface area (Å²) in [6, 6.07) is 3.57. The Hall–Kier alpha value is -1.31. The summed E-state index contributed by atoms with van der Waals surface area (Å²) in [6.07, 6.45) is 5.50. The number of benzene rings is 1. The number of aromatic nitrogens is 1. The van der Waals surface area contributed by atoms with Crippen LogP contribution in [-0.2, 0) is 12.8 Å². The molecule has 1 heterocycles. The Kier molecular flexibility index (Phi) is 1.84. The van der Waals surface area contributed by atoms with Crippen molar-refractivity contribution < 1.29 is 4.39 Å². The summed E-state index contributed by atoms with van der Waals surface area (Å²) in [5, 5.41) is 1.19. The number of aromatic amines is 1. The topological polar surface area (TPSA) is 15.8 Å². The first-order valence-electron chi connectivity index (χ1n) is 5.37. The molecule has 0 unspecified atom stereocenters. The number of nitrogens with one attached hydrogen (secondary N) is 1. The van der Waals surface area contributed by atoms with Gasteiger partial charge in [-0.15, -0.1) is 0 Å². The van der Waals surface area contributed by atoms with Gasteiger partial charge in [0.15, 0.2) is 0 Å². The Morgan fingerprint density at radius 3 is 3.07 bits per heavy atom. The molecular weight excluding hydrogens is 189 g/mol. The van der Waals surface area contributed by atoms with Crippen LogP contribution in [0.25, 0.3) is 10.9 Å². The van der Waals surface area contributed by atoms with Crippen LogP contribution in [0.5, 0.6) is 0 Å². The van der Waals surface area contributed by atoms with E-state index in [1.165, 1.54) is 16.6 Å². The zero-order valence-corrected chi connectivity index (χ0v) is 8.73. The van der Waals surface area contributed by atoms with Crippen molar-refractivity contribution >= 4 is 10.9 Å². The van der Waals surface area contributed by atoms with Crippen molar-refractivity contribution in [3.05, 3.63) is 41.2 Å². The highest BCUT2D eigenvalue weighted by Gasteiger charge is 2.16. The molecule has 0 aliphatic heterocycles. The molecule has 1 aromatic carbocycles. The maximum Gasteiger partial charge on any atom is 0.128 e. The van der Waals surface area contributed by atoms with Crippen LogP contribution in [0, 0.1) is 19.2 Å². The van der Waals surface area contributed by atoms with Crippen molar-refractivity contribution in [2.75, 3.05) is 0 Å². The number of hydrogen-bond donors (Lipinski definition) is 1. The Balaban J connectivity index is 2.33. The molecule has 1 aromatic heterocycles. The summed E-state index contributed by atoms with van der Waals surface area (Å²) in [5.74, 6) is -0.120. The number of aryl methyl sites for hydroxylation is 2. The van der Waals surface area contributed by atoms with E-state index in [9.17, 15) is 4.39 Å². The summed E-state index contributed by atoms with van der Waals surface area (Å²) in [4.78, 5) is 3.32. The second kappa shape index (κ2) is 3.09. The van der Waals surface area contributed by atoms with E-state index in [0.717, 1.165) is 30.3 Å². The molecular formula is C13H13FN. The SMILES string of the molecule is Cc1cc2c3c([nH]c2cc1F)CC[CH]C3. The van der Waals surface area contributed by atoms with E-state index in [0.29, 0.717) is 0 Å². The average molecular weight is 202 g/mol. The molecule has 15 heavy (non-hydrogen) atoms. The Morgan fingerprint density at radius 1 is 1.33 bits per heavy atom. The molecule has 2 aromatic rings. The highest BCUT2D eigenvalue weighted by atomic mass is 19.1. The second-order valence-electron chi connectivity index (χ2n) is 4.26. The van der Waals surface area contributed by atoms with Crippen LogP contribution in [0.1, 0.15) is 23.2 Å². The number of H-pyrrole nitrogens is 1. The molecule has 1 N–H and O–H groups in total. The van der Waals surface area contributed by atoms with Crippen molar-refractivity contribution in [3.8, 4) is 0 Å². The molecule has 1 aliphatic rings. The maximum atomic E-state index is 13.4. The molecule has 0 saturated carbocycles. The van der Waals surface area contributed by atoms with Crippen LogP contribution in [0.2, 0.25) is 0 Å². The van der Waals surface area contributed by atoms with Gasteiger partial charge in [0, 0.05) is 16.6 Å². The third-order valence-corrected chi connectivity index (χ3v) is 3.22. The van der Waals surface area contributed by atoms with Crippen molar-refractivity contribution in [1.82, 2.24) is 4.98 Å². The predicted molar refractivity (Wildman–Crippen MR) is 59.3 cm³/mol. The molecule has 0 spiro atoms. The molecule has 0 bridgehead atoms. The molecule has 0 amide bonds. The number of fused-ring (bicyclic) bond motifs is 3. The fourth-order valence-corrected chi connectivity index (χ4v) is 2.37. The molecule has 77 valence electrons. The van der Waals surface area contributed by atoms with Gasteiger partial charge in [-0.25, -0.2) is 4.39 Å². The lowest BCUT2D eigenvalue weighted by molar-refractivity contribution is 0.620. The third kappa shape index (κ3) is 1.28. The second-order valence-corrected chi connectivity index (χ2v) is 4.26. The van der Waals surface area contributed by atoms with Crippen LogP contribution in [0.3, 0.4) is 0 Å². The third-order valence-electron chi connectivity index (χ3n) is 3.22.